The normalized spacial score (nSPS) is 11.5. The van der Waals surface area contributed by atoms with Gasteiger partial charge in [0.05, 0.1) is 5.56 Å². The molecule has 0 unspecified atom stereocenters. The fourth-order valence-corrected chi connectivity index (χ4v) is 2.41. The number of aryl methyl sites for hydroxylation is 2. The lowest BCUT2D eigenvalue weighted by atomic mass is 10.0. The maximum atomic E-state index is 13.0. The lowest BCUT2D eigenvalue weighted by molar-refractivity contribution is -0.138. The Bertz CT molecular complexity index is 618. The summed E-state index contributed by atoms with van der Waals surface area (Å²) >= 11 is 0. The average Bonchev–Trinajstić information content (AvgIpc) is 2.45. The lowest BCUT2D eigenvalue weighted by Crippen LogP contribution is -2.12. The number of rotatable bonds is 4. The van der Waals surface area contributed by atoms with Crippen LogP contribution >= 0.6 is 0 Å². The minimum atomic E-state index is -4.32. The van der Waals surface area contributed by atoms with E-state index in [-0.39, 0.29) is 12.1 Å². The van der Waals surface area contributed by atoms with E-state index in [2.05, 4.69) is 5.32 Å². The third-order valence-electron chi connectivity index (χ3n) is 3.52. The van der Waals surface area contributed by atoms with Gasteiger partial charge in [-0.05, 0) is 36.1 Å². The zero-order chi connectivity index (χ0) is 15.5. The highest BCUT2D eigenvalue weighted by molar-refractivity contribution is 5.57. The van der Waals surface area contributed by atoms with Crippen LogP contribution in [0.1, 0.15) is 29.2 Å². The van der Waals surface area contributed by atoms with Gasteiger partial charge < -0.3 is 5.32 Å². The number of nitrogens with one attached hydrogen (secondary N) is 1. The summed E-state index contributed by atoms with van der Waals surface area (Å²) in [4.78, 5) is 0. The van der Waals surface area contributed by atoms with Crippen molar-refractivity contribution in [2.45, 2.75) is 33.0 Å². The highest BCUT2D eigenvalue weighted by atomic mass is 19.4. The van der Waals surface area contributed by atoms with E-state index in [1.807, 2.05) is 32.0 Å². The van der Waals surface area contributed by atoms with Crippen LogP contribution in [0.5, 0.6) is 0 Å². The predicted octanol–water partition coefficient (Wildman–Crippen LogP) is 5.19. The summed E-state index contributed by atoms with van der Waals surface area (Å²) in [7, 11) is 0. The van der Waals surface area contributed by atoms with Crippen molar-refractivity contribution in [3.05, 3.63) is 64.7 Å². The van der Waals surface area contributed by atoms with Gasteiger partial charge in [0.15, 0.2) is 0 Å². The minimum Gasteiger partial charge on any atom is -0.381 e. The minimum absolute atomic E-state index is 0.160. The molecule has 0 fully saturated rings. The molecule has 0 aliphatic heterocycles. The molecule has 1 nitrogen and oxygen atoms in total. The van der Waals surface area contributed by atoms with E-state index in [9.17, 15) is 13.2 Å². The summed E-state index contributed by atoms with van der Waals surface area (Å²) in [6.45, 7) is 4.15. The maximum Gasteiger partial charge on any atom is 0.416 e. The van der Waals surface area contributed by atoms with E-state index in [0.717, 1.165) is 29.3 Å². The first-order valence-electron chi connectivity index (χ1n) is 6.91. The molecular formula is C17H18F3N. The highest BCUT2D eigenvalue weighted by Gasteiger charge is 2.32. The van der Waals surface area contributed by atoms with Gasteiger partial charge in [-0.25, -0.2) is 0 Å². The van der Waals surface area contributed by atoms with Gasteiger partial charge in [0.25, 0.3) is 0 Å². The Balaban J connectivity index is 2.26. The molecule has 0 radical (unpaired) electrons. The number of para-hydroxylation sites is 1. The molecule has 0 atom stereocenters. The lowest BCUT2D eigenvalue weighted by Gasteiger charge is -2.17. The number of benzene rings is 2. The van der Waals surface area contributed by atoms with Gasteiger partial charge in [-0.15, -0.1) is 0 Å². The largest absolute Gasteiger partial charge is 0.416 e. The van der Waals surface area contributed by atoms with Crippen molar-refractivity contribution < 1.29 is 13.2 Å². The molecule has 0 aromatic heterocycles. The van der Waals surface area contributed by atoms with Crippen LogP contribution in [0.25, 0.3) is 0 Å². The number of anilines is 1. The first kappa shape index (κ1) is 15.4. The van der Waals surface area contributed by atoms with Gasteiger partial charge in [0.1, 0.15) is 0 Å². The average molecular weight is 293 g/mol. The van der Waals surface area contributed by atoms with Crippen LogP contribution in [0, 0.1) is 6.92 Å². The van der Waals surface area contributed by atoms with E-state index in [1.54, 1.807) is 6.07 Å². The van der Waals surface area contributed by atoms with Crippen molar-refractivity contribution in [3.8, 4) is 0 Å². The van der Waals surface area contributed by atoms with Crippen LogP contribution in [0.2, 0.25) is 0 Å². The van der Waals surface area contributed by atoms with E-state index in [1.165, 1.54) is 12.1 Å². The fraction of sp³-hybridized carbons (Fsp3) is 0.294. The molecule has 21 heavy (non-hydrogen) atoms. The van der Waals surface area contributed by atoms with Crippen LogP contribution in [0.3, 0.4) is 0 Å². The van der Waals surface area contributed by atoms with Crippen molar-refractivity contribution in [3.63, 3.8) is 0 Å². The summed E-state index contributed by atoms with van der Waals surface area (Å²) in [5.41, 5.74) is 2.76. The van der Waals surface area contributed by atoms with Crippen molar-refractivity contribution in [1.82, 2.24) is 0 Å². The van der Waals surface area contributed by atoms with Crippen molar-refractivity contribution >= 4 is 5.69 Å². The Morgan fingerprint density at radius 1 is 0.952 bits per heavy atom. The second-order valence-corrected chi connectivity index (χ2v) is 4.97. The molecule has 2 rings (SSSR count). The van der Waals surface area contributed by atoms with Gasteiger partial charge in [-0.2, -0.15) is 13.2 Å². The topological polar surface area (TPSA) is 12.0 Å². The predicted molar refractivity (Wildman–Crippen MR) is 79.3 cm³/mol. The first-order chi connectivity index (χ1) is 9.93. The van der Waals surface area contributed by atoms with Crippen LogP contribution in [-0.4, -0.2) is 0 Å². The summed E-state index contributed by atoms with van der Waals surface area (Å²) in [6, 6.07) is 11.6. The number of halogens is 3. The number of alkyl halides is 3. The Kier molecular flexibility index (Phi) is 4.56. The molecule has 0 saturated heterocycles. The molecule has 2 aromatic carbocycles. The molecule has 1 N–H and O–H groups in total. The van der Waals surface area contributed by atoms with Gasteiger partial charge >= 0.3 is 6.18 Å². The zero-order valence-corrected chi connectivity index (χ0v) is 12.1. The summed E-state index contributed by atoms with van der Waals surface area (Å²) in [5.74, 6) is 0. The highest BCUT2D eigenvalue weighted by Crippen LogP contribution is 2.32. The Morgan fingerprint density at radius 2 is 1.62 bits per heavy atom. The van der Waals surface area contributed by atoms with Crippen molar-refractivity contribution in [2.75, 3.05) is 5.32 Å². The third kappa shape index (κ3) is 3.57. The quantitative estimate of drug-likeness (QED) is 0.818. The Morgan fingerprint density at radius 3 is 2.29 bits per heavy atom. The van der Waals surface area contributed by atoms with E-state index < -0.39 is 11.7 Å². The summed E-state index contributed by atoms with van der Waals surface area (Å²) < 4.78 is 38.9. The molecule has 112 valence electrons. The van der Waals surface area contributed by atoms with Crippen molar-refractivity contribution in [2.24, 2.45) is 0 Å². The summed E-state index contributed by atoms with van der Waals surface area (Å²) in [5, 5.41) is 3.16. The van der Waals surface area contributed by atoms with Gasteiger partial charge in [0.2, 0.25) is 0 Å². The molecule has 0 amide bonds. The molecule has 0 aliphatic rings. The number of hydrogen-bond acceptors (Lipinski definition) is 1. The van der Waals surface area contributed by atoms with Crippen LogP contribution in [0.4, 0.5) is 18.9 Å². The number of hydrogen-bond donors (Lipinski definition) is 1. The van der Waals surface area contributed by atoms with Crippen LogP contribution in [0.15, 0.2) is 42.5 Å². The smallest absolute Gasteiger partial charge is 0.381 e. The van der Waals surface area contributed by atoms with Gasteiger partial charge in [0, 0.05) is 12.2 Å². The molecule has 4 heteroatoms. The SMILES string of the molecule is CCc1cccc(C)c1NCc1ccccc1C(F)(F)F. The van der Waals surface area contributed by atoms with E-state index >= 15 is 0 Å². The van der Waals surface area contributed by atoms with Gasteiger partial charge in [-0.1, -0.05) is 43.3 Å². The van der Waals surface area contributed by atoms with Crippen LogP contribution < -0.4 is 5.32 Å². The fourth-order valence-electron chi connectivity index (χ4n) is 2.41. The van der Waals surface area contributed by atoms with Crippen molar-refractivity contribution in [1.29, 1.82) is 0 Å². The van der Waals surface area contributed by atoms with E-state index in [4.69, 9.17) is 0 Å². The molecule has 0 bridgehead atoms. The molecule has 0 saturated carbocycles. The van der Waals surface area contributed by atoms with E-state index in [0.29, 0.717) is 0 Å². The zero-order valence-electron chi connectivity index (χ0n) is 12.1. The molecular weight excluding hydrogens is 275 g/mol. The first-order valence-corrected chi connectivity index (χ1v) is 6.91. The second-order valence-electron chi connectivity index (χ2n) is 4.97. The van der Waals surface area contributed by atoms with Gasteiger partial charge in [-0.3, -0.25) is 0 Å². The Hall–Kier alpha value is -1.97. The van der Waals surface area contributed by atoms with Crippen LogP contribution in [-0.2, 0) is 19.1 Å². The Labute approximate surface area is 122 Å². The molecule has 0 heterocycles. The summed E-state index contributed by atoms with van der Waals surface area (Å²) in [6.07, 6.45) is -3.48. The third-order valence-corrected chi connectivity index (χ3v) is 3.52. The second kappa shape index (κ2) is 6.20. The maximum absolute atomic E-state index is 13.0. The monoisotopic (exact) mass is 293 g/mol. The molecule has 2 aromatic rings. The molecule has 0 spiro atoms. The molecule has 0 aliphatic carbocycles. The standard InChI is InChI=1S/C17H18F3N/c1-3-13-9-6-7-12(2)16(13)21-11-14-8-4-5-10-15(14)17(18,19)20/h4-10,21H,3,11H2,1-2H3.